The van der Waals surface area contributed by atoms with Gasteiger partial charge >= 0.3 is 11.8 Å². The van der Waals surface area contributed by atoms with Gasteiger partial charge in [0.2, 0.25) is 0 Å². The summed E-state index contributed by atoms with van der Waals surface area (Å²) in [5, 5.41) is 0. The van der Waals surface area contributed by atoms with Crippen LogP contribution in [0.5, 0.6) is 5.75 Å². The second-order valence-electron chi connectivity index (χ2n) is 5.82. The van der Waals surface area contributed by atoms with E-state index in [2.05, 4.69) is 5.92 Å². The number of nitrogens with zero attached hydrogens (tertiary/aromatic N) is 3. The highest BCUT2D eigenvalue weighted by Crippen LogP contribution is 2.38. The van der Waals surface area contributed by atoms with Crippen LogP contribution in [0.25, 0.3) is 0 Å². The normalized spacial score (nSPS) is 16.5. The molecule has 2 heterocycles. The minimum Gasteiger partial charge on any atom is -0.481 e. The minimum atomic E-state index is -0.869. The maximum Gasteiger partial charge on any atom is 0.318 e. The molecule has 1 aromatic carbocycles. The summed E-state index contributed by atoms with van der Waals surface area (Å²) in [6.45, 7) is 1.36. The van der Waals surface area contributed by atoms with Crippen molar-refractivity contribution >= 4 is 46.2 Å². The molecule has 3 rings (SSSR count). The van der Waals surface area contributed by atoms with Crippen LogP contribution in [0.2, 0.25) is 0 Å². The quantitative estimate of drug-likeness (QED) is 0.440. The number of rotatable bonds is 4. The summed E-state index contributed by atoms with van der Waals surface area (Å²) in [7, 11) is 0. The fraction of sp³-hybridized carbons (Fsp3) is 0.294. The molecule has 2 aliphatic rings. The van der Waals surface area contributed by atoms with Crippen molar-refractivity contribution in [1.29, 1.82) is 0 Å². The van der Waals surface area contributed by atoms with Crippen molar-refractivity contribution in [3.63, 3.8) is 0 Å². The molecular formula is C17H14FN3O4S. The van der Waals surface area contributed by atoms with Crippen LogP contribution < -0.4 is 14.5 Å². The van der Waals surface area contributed by atoms with Crippen molar-refractivity contribution in [2.45, 2.75) is 6.92 Å². The van der Waals surface area contributed by atoms with Crippen LogP contribution in [-0.2, 0) is 14.4 Å². The van der Waals surface area contributed by atoms with Crippen molar-refractivity contribution in [3.8, 4) is 18.1 Å². The molecule has 1 aromatic rings. The van der Waals surface area contributed by atoms with E-state index in [1.807, 2.05) is 0 Å². The number of anilines is 2. The second kappa shape index (κ2) is 6.72. The number of ether oxygens (including phenoxy) is 1. The maximum absolute atomic E-state index is 14.6. The fourth-order valence-corrected chi connectivity index (χ4v) is 2.96. The lowest BCUT2D eigenvalue weighted by Crippen LogP contribution is -2.39. The largest absolute Gasteiger partial charge is 0.481 e. The molecule has 0 aliphatic carbocycles. The van der Waals surface area contributed by atoms with Crippen molar-refractivity contribution in [2.75, 3.05) is 36.2 Å². The van der Waals surface area contributed by atoms with Gasteiger partial charge in [-0.15, -0.1) is 6.42 Å². The number of carbonyl (C=O) groups is 3. The number of fused-ring (bicyclic) bond motifs is 1. The predicted octanol–water partition coefficient (Wildman–Crippen LogP) is 0.707. The lowest BCUT2D eigenvalue weighted by Gasteiger charge is -2.29. The first kappa shape index (κ1) is 17.8. The zero-order valence-electron chi connectivity index (χ0n) is 13.8. The molecule has 0 aromatic heterocycles. The zero-order chi connectivity index (χ0) is 19.0. The molecule has 0 N–H and O–H groups in total. The number of benzene rings is 1. The molecule has 0 spiro atoms. The second-order valence-corrected chi connectivity index (χ2v) is 6.52. The Labute approximate surface area is 154 Å². The lowest BCUT2D eigenvalue weighted by molar-refractivity contribution is -0.139. The third-order valence-electron chi connectivity index (χ3n) is 3.95. The van der Waals surface area contributed by atoms with Crippen LogP contribution in [0.1, 0.15) is 6.92 Å². The number of carbonyl (C=O) groups excluding carboxylic acids is 3. The van der Waals surface area contributed by atoms with E-state index in [1.54, 1.807) is 6.92 Å². The molecule has 1 saturated heterocycles. The predicted molar refractivity (Wildman–Crippen MR) is 95.4 cm³/mol. The summed E-state index contributed by atoms with van der Waals surface area (Å²) in [4.78, 5) is 40.4. The molecular weight excluding hydrogens is 361 g/mol. The average Bonchev–Trinajstić information content (AvgIpc) is 2.85. The Morgan fingerprint density at radius 1 is 1.31 bits per heavy atom. The summed E-state index contributed by atoms with van der Waals surface area (Å²) < 4.78 is 19.8. The zero-order valence-corrected chi connectivity index (χ0v) is 14.6. The van der Waals surface area contributed by atoms with Crippen molar-refractivity contribution < 1.29 is 23.5 Å². The van der Waals surface area contributed by atoms with Crippen LogP contribution in [-0.4, -0.2) is 53.9 Å². The summed E-state index contributed by atoms with van der Waals surface area (Å²) >= 11 is 4.97. The highest BCUT2D eigenvalue weighted by molar-refractivity contribution is 7.80. The molecule has 0 saturated carbocycles. The number of hydrogen-bond acceptors (Lipinski definition) is 5. The van der Waals surface area contributed by atoms with E-state index < -0.39 is 17.6 Å². The minimum absolute atomic E-state index is 0.0244. The van der Waals surface area contributed by atoms with Crippen molar-refractivity contribution in [3.05, 3.63) is 17.9 Å². The van der Waals surface area contributed by atoms with Gasteiger partial charge in [-0.25, -0.2) is 4.39 Å². The Kier molecular flexibility index (Phi) is 4.61. The van der Waals surface area contributed by atoms with Gasteiger partial charge in [0, 0.05) is 10.9 Å². The Morgan fingerprint density at radius 3 is 2.69 bits per heavy atom. The van der Waals surface area contributed by atoms with Gasteiger partial charge in [-0.2, -0.15) is 0 Å². The first-order valence-electron chi connectivity index (χ1n) is 7.64. The molecule has 0 radical (unpaired) electrons. The molecule has 134 valence electrons. The van der Waals surface area contributed by atoms with Crippen molar-refractivity contribution in [2.24, 2.45) is 0 Å². The van der Waals surface area contributed by atoms with Gasteiger partial charge in [0.1, 0.15) is 12.4 Å². The third kappa shape index (κ3) is 2.99. The highest BCUT2D eigenvalue weighted by Gasteiger charge is 2.39. The van der Waals surface area contributed by atoms with Crippen LogP contribution in [0.4, 0.5) is 15.8 Å². The number of thiocarbonyl (C=S) groups is 1. The Morgan fingerprint density at radius 2 is 2.04 bits per heavy atom. The van der Waals surface area contributed by atoms with Crippen LogP contribution in [0.3, 0.4) is 0 Å². The van der Waals surface area contributed by atoms with Gasteiger partial charge in [-0.05, 0) is 13.0 Å². The Bertz CT molecular complexity index is 879. The van der Waals surface area contributed by atoms with E-state index in [4.69, 9.17) is 23.4 Å². The molecule has 9 heteroatoms. The van der Waals surface area contributed by atoms with E-state index >= 15 is 0 Å². The number of terminal acetylenes is 1. The van der Waals surface area contributed by atoms with Gasteiger partial charge in [-0.3, -0.25) is 24.2 Å². The summed E-state index contributed by atoms with van der Waals surface area (Å²) in [6, 6.07) is 2.36. The topological polar surface area (TPSA) is 70.2 Å². The summed E-state index contributed by atoms with van der Waals surface area (Å²) in [5.74, 6) is -0.263. The molecule has 7 nitrogen and oxygen atoms in total. The summed E-state index contributed by atoms with van der Waals surface area (Å²) in [5.41, 5.74) is 0.118. The van der Waals surface area contributed by atoms with Crippen LogP contribution in [0.15, 0.2) is 12.1 Å². The molecule has 0 unspecified atom stereocenters. The first-order valence-corrected chi connectivity index (χ1v) is 8.04. The van der Waals surface area contributed by atoms with Gasteiger partial charge in [0.25, 0.3) is 5.91 Å². The van der Waals surface area contributed by atoms with E-state index in [0.29, 0.717) is 4.86 Å². The van der Waals surface area contributed by atoms with Crippen LogP contribution >= 0.6 is 12.2 Å². The summed E-state index contributed by atoms with van der Waals surface area (Å²) in [6.07, 6.45) is 5.29. The molecule has 3 amide bonds. The van der Waals surface area contributed by atoms with E-state index in [9.17, 15) is 18.8 Å². The van der Waals surface area contributed by atoms with Gasteiger partial charge < -0.3 is 9.64 Å². The van der Waals surface area contributed by atoms with Crippen molar-refractivity contribution in [1.82, 2.24) is 4.90 Å². The third-order valence-corrected chi connectivity index (χ3v) is 4.08. The first-order chi connectivity index (χ1) is 12.3. The molecule has 0 bridgehead atoms. The SMILES string of the molecule is C#CCN1C(=O)COc2cc(F)c(N3CN(CC(C)=S)C(=O)C3=O)cc21. The average molecular weight is 375 g/mol. The molecule has 26 heavy (non-hydrogen) atoms. The molecule has 2 aliphatic heterocycles. The van der Waals surface area contributed by atoms with Gasteiger partial charge in [-0.1, -0.05) is 18.1 Å². The standard InChI is InChI=1S/C17H14FN3O4S/c1-3-4-20-13-6-12(11(18)5-14(13)25-8-15(20)22)21-9-19(7-10(2)26)16(23)17(21)24/h1,5-6H,4,7-9H2,2H3. The smallest absolute Gasteiger partial charge is 0.318 e. The number of hydrogen-bond donors (Lipinski definition) is 0. The van der Waals surface area contributed by atoms with E-state index in [0.717, 1.165) is 11.0 Å². The molecule has 0 atom stereocenters. The molecule has 1 fully saturated rings. The van der Waals surface area contributed by atoms with E-state index in [1.165, 1.54) is 15.9 Å². The van der Waals surface area contributed by atoms with Crippen LogP contribution in [0, 0.1) is 18.2 Å². The fourth-order valence-electron chi connectivity index (χ4n) is 2.81. The van der Waals surface area contributed by atoms with E-state index in [-0.39, 0.29) is 49.4 Å². The highest BCUT2D eigenvalue weighted by atomic mass is 32.1. The lowest BCUT2D eigenvalue weighted by atomic mass is 10.2. The monoisotopic (exact) mass is 375 g/mol. The van der Waals surface area contributed by atoms with Gasteiger partial charge in [0.15, 0.2) is 12.4 Å². The Balaban J connectivity index is 2.00. The van der Waals surface area contributed by atoms with Gasteiger partial charge in [0.05, 0.1) is 24.5 Å². The number of amides is 3. The number of halogens is 1. The maximum atomic E-state index is 14.6. The Hall–Kier alpha value is -2.99.